The fourth-order valence-corrected chi connectivity index (χ4v) is 2.74. The molecule has 2 heterocycles. The van der Waals surface area contributed by atoms with E-state index in [2.05, 4.69) is 10.3 Å². The number of amides is 1. The van der Waals surface area contributed by atoms with Crippen LogP contribution in [-0.4, -0.2) is 47.4 Å². The lowest BCUT2D eigenvalue weighted by Crippen LogP contribution is -2.52. The maximum Gasteiger partial charge on any atom is 0.328 e. The average Bonchev–Trinajstić information content (AvgIpc) is 3.36. The Hall–Kier alpha value is -1.93. The van der Waals surface area contributed by atoms with Gasteiger partial charge in [0.05, 0.1) is 18.8 Å². The Morgan fingerprint density at radius 3 is 2.96 bits per heavy atom. The molecule has 2 N–H and O–H groups in total. The zero-order valence-corrected chi connectivity index (χ0v) is 13.7. The molecule has 1 amide bonds. The third-order valence-corrected chi connectivity index (χ3v) is 4.39. The van der Waals surface area contributed by atoms with Crippen LogP contribution in [0, 0.1) is 12.8 Å². The van der Waals surface area contributed by atoms with E-state index < -0.39 is 11.2 Å². The van der Waals surface area contributed by atoms with Crippen LogP contribution in [0.5, 0.6) is 0 Å². The van der Waals surface area contributed by atoms with Crippen molar-refractivity contribution in [3.05, 3.63) is 32.6 Å². The van der Waals surface area contributed by atoms with Crippen molar-refractivity contribution in [1.82, 2.24) is 14.9 Å². The molecule has 1 aromatic heterocycles. The Labute approximate surface area is 139 Å². The Balaban J connectivity index is 1.59. The van der Waals surface area contributed by atoms with Gasteiger partial charge < -0.3 is 14.8 Å². The summed E-state index contributed by atoms with van der Waals surface area (Å²) in [6, 6.07) is -0.218. The Morgan fingerprint density at radius 1 is 1.42 bits per heavy atom. The average molecular weight is 337 g/mol. The second kappa shape index (κ2) is 7.31. The highest BCUT2D eigenvalue weighted by molar-refractivity contribution is 5.76. The summed E-state index contributed by atoms with van der Waals surface area (Å²) in [4.78, 5) is 37.6. The van der Waals surface area contributed by atoms with Gasteiger partial charge in [0.1, 0.15) is 6.54 Å². The summed E-state index contributed by atoms with van der Waals surface area (Å²) in [5, 5.41) is 2.88. The van der Waals surface area contributed by atoms with E-state index in [9.17, 15) is 14.4 Å². The molecule has 0 radical (unpaired) electrons. The summed E-state index contributed by atoms with van der Waals surface area (Å²) in [5.74, 6) is 0.353. The van der Waals surface area contributed by atoms with Crippen molar-refractivity contribution in [2.45, 2.75) is 44.9 Å². The predicted octanol–water partition coefficient (Wildman–Crippen LogP) is -0.455. The molecule has 1 aromatic rings. The summed E-state index contributed by atoms with van der Waals surface area (Å²) >= 11 is 0. The molecule has 132 valence electrons. The summed E-state index contributed by atoms with van der Waals surface area (Å²) in [6.07, 6.45) is 4.51. The van der Waals surface area contributed by atoms with Gasteiger partial charge in [-0.1, -0.05) is 0 Å². The molecule has 24 heavy (non-hydrogen) atoms. The zero-order valence-electron chi connectivity index (χ0n) is 13.7. The van der Waals surface area contributed by atoms with Gasteiger partial charge in [-0.25, -0.2) is 4.79 Å². The molecule has 3 rings (SSSR count). The number of carbonyl (C=O) groups is 1. The molecule has 1 saturated carbocycles. The normalized spacial score (nSPS) is 23.9. The highest BCUT2D eigenvalue weighted by atomic mass is 16.5. The van der Waals surface area contributed by atoms with Gasteiger partial charge in [0.2, 0.25) is 5.91 Å². The number of nitrogens with one attached hydrogen (secondary N) is 2. The Bertz CT molecular complexity index is 706. The number of aromatic amines is 1. The van der Waals surface area contributed by atoms with Crippen LogP contribution in [0.2, 0.25) is 0 Å². The van der Waals surface area contributed by atoms with Crippen LogP contribution in [0.15, 0.2) is 15.8 Å². The molecule has 2 atom stereocenters. The number of aromatic nitrogens is 2. The van der Waals surface area contributed by atoms with Gasteiger partial charge in [-0.2, -0.15) is 0 Å². The van der Waals surface area contributed by atoms with Crippen molar-refractivity contribution in [3.63, 3.8) is 0 Å². The molecular weight excluding hydrogens is 314 g/mol. The monoisotopic (exact) mass is 337 g/mol. The lowest BCUT2D eigenvalue weighted by atomic mass is 10.1. The number of hydrogen-bond acceptors (Lipinski definition) is 5. The van der Waals surface area contributed by atoms with Gasteiger partial charge in [-0.3, -0.25) is 19.1 Å². The minimum atomic E-state index is -0.595. The number of ether oxygens (including phenoxy) is 2. The van der Waals surface area contributed by atoms with Crippen molar-refractivity contribution in [2.24, 2.45) is 5.92 Å². The molecule has 2 aliphatic rings. The van der Waals surface area contributed by atoms with Crippen LogP contribution in [0.25, 0.3) is 0 Å². The van der Waals surface area contributed by atoms with E-state index in [1.807, 2.05) is 0 Å². The summed E-state index contributed by atoms with van der Waals surface area (Å²) in [5.41, 5.74) is -0.651. The van der Waals surface area contributed by atoms with Gasteiger partial charge in [0.25, 0.3) is 5.56 Å². The second-order valence-electron chi connectivity index (χ2n) is 6.55. The summed E-state index contributed by atoms with van der Waals surface area (Å²) in [6.45, 7) is 3.20. The number of rotatable bonds is 6. The number of carbonyl (C=O) groups excluding carboxylic acids is 1. The maximum atomic E-state index is 12.3. The molecule has 1 aliphatic heterocycles. The van der Waals surface area contributed by atoms with E-state index in [0.717, 1.165) is 13.0 Å². The predicted molar refractivity (Wildman–Crippen MR) is 85.9 cm³/mol. The molecule has 0 unspecified atom stereocenters. The standard InChI is InChI=1S/C16H23N3O5/c1-10-6-19(16(22)18-15(10)21)7-14(20)17-12-9-23-5-4-13(12)24-8-11-2-3-11/h6,11-13H,2-5,7-9H2,1H3,(H,17,20)(H,18,21,22)/t12-,13+/m1/s1. The van der Waals surface area contributed by atoms with Gasteiger partial charge in [0.15, 0.2) is 0 Å². The minimum absolute atomic E-state index is 0.0580. The SMILES string of the molecule is Cc1cn(CC(=O)N[C@@H]2COCC[C@@H]2OCC2CC2)c(=O)[nH]c1=O. The fraction of sp³-hybridized carbons (Fsp3) is 0.688. The quantitative estimate of drug-likeness (QED) is 0.732. The van der Waals surface area contributed by atoms with Gasteiger partial charge in [-0.05, 0) is 32.1 Å². The van der Waals surface area contributed by atoms with Crippen LogP contribution < -0.4 is 16.6 Å². The zero-order chi connectivity index (χ0) is 17.1. The van der Waals surface area contributed by atoms with E-state index in [-0.39, 0.29) is 24.6 Å². The van der Waals surface area contributed by atoms with Crippen LogP contribution in [0.4, 0.5) is 0 Å². The number of H-pyrrole nitrogens is 1. The highest BCUT2D eigenvalue weighted by Crippen LogP contribution is 2.30. The largest absolute Gasteiger partial charge is 0.379 e. The van der Waals surface area contributed by atoms with Crippen molar-refractivity contribution < 1.29 is 14.3 Å². The number of aryl methyl sites for hydroxylation is 1. The number of nitrogens with zero attached hydrogens (tertiary/aromatic N) is 1. The van der Waals surface area contributed by atoms with Crippen molar-refractivity contribution >= 4 is 5.91 Å². The first-order valence-corrected chi connectivity index (χ1v) is 8.32. The Kier molecular flexibility index (Phi) is 5.15. The van der Waals surface area contributed by atoms with E-state index in [0.29, 0.717) is 24.7 Å². The molecule has 8 heteroatoms. The Morgan fingerprint density at radius 2 is 2.21 bits per heavy atom. The molecule has 0 aromatic carbocycles. The van der Waals surface area contributed by atoms with Crippen LogP contribution in [-0.2, 0) is 20.8 Å². The first-order chi connectivity index (χ1) is 11.5. The van der Waals surface area contributed by atoms with E-state index in [4.69, 9.17) is 9.47 Å². The summed E-state index contributed by atoms with van der Waals surface area (Å²) in [7, 11) is 0. The van der Waals surface area contributed by atoms with Crippen molar-refractivity contribution in [3.8, 4) is 0 Å². The highest BCUT2D eigenvalue weighted by Gasteiger charge is 2.30. The lowest BCUT2D eigenvalue weighted by Gasteiger charge is -2.32. The molecule has 1 aliphatic carbocycles. The summed E-state index contributed by atoms with van der Waals surface area (Å²) < 4.78 is 12.5. The van der Waals surface area contributed by atoms with E-state index >= 15 is 0 Å². The topological polar surface area (TPSA) is 102 Å². The second-order valence-corrected chi connectivity index (χ2v) is 6.55. The molecule has 0 bridgehead atoms. The third kappa shape index (κ3) is 4.33. The molecule has 1 saturated heterocycles. The van der Waals surface area contributed by atoms with Crippen LogP contribution in [0.1, 0.15) is 24.8 Å². The van der Waals surface area contributed by atoms with Gasteiger partial charge in [-0.15, -0.1) is 0 Å². The lowest BCUT2D eigenvalue weighted by molar-refractivity contribution is -0.126. The molecule has 0 spiro atoms. The number of hydrogen-bond donors (Lipinski definition) is 2. The van der Waals surface area contributed by atoms with E-state index in [1.165, 1.54) is 23.6 Å². The molecular formula is C16H23N3O5. The first kappa shape index (κ1) is 16.9. The molecule has 8 nitrogen and oxygen atoms in total. The van der Waals surface area contributed by atoms with Gasteiger partial charge >= 0.3 is 5.69 Å². The minimum Gasteiger partial charge on any atom is -0.379 e. The third-order valence-electron chi connectivity index (χ3n) is 4.39. The smallest absolute Gasteiger partial charge is 0.328 e. The maximum absolute atomic E-state index is 12.3. The van der Waals surface area contributed by atoms with Crippen LogP contribution in [0.3, 0.4) is 0 Å². The van der Waals surface area contributed by atoms with Crippen molar-refractivity contribution in [2.75, 3.05) is 19.8 Å². The van der Waals surface area contributed by atoms with E-state index in [1.54, 1.807) is 6.92 Å². The van der Waals surface area contributed by atoms with Crippen molar-refractivity contribution in [1.29, 1.82) is 0 Å². The first-order valence-electron chi connectivity index (χ1n) is 8.32. The van der Waals surface area contributed by atoms with Crippen LogP contribution >= 0.6 is 0 Å². The fourth-order valence-electron chi connectivity index (χ4n) is 2.74. The van der Waals surface area contributed by atoms with Gasteiger partial charge in [0, 0.05) is 25.0 Å². The molecule has 2 fully saturated rings.